The number of rotatable bonds is 4. The fourth-order valence-corrected chi connectivity index (χ4v) is 3.87. The maximum absolute atomic E-state index is 13.7. The first-order valence-electron chi connectivity index (χ1n) is 7.30. The van der Waals surface area contributed by atoms with Crippen LogP contribution >= 0.6 is 23.1 Å². The van der Waals surface area contributed by atoms with E-state index < -0.39 is 5.82 Å². The fraction of sp³-hybridized carbons (Fsp3) is 0.125. The molecule has 0 fully saturated rings. The molecule has 9 heteroatoms. The van der Waals surface area contributed by atoms with E-state index in [2.05, 4.69) is 15.2 Å². The second-order valence-corrected chi connectivity index (χ2v) is 6.99. The van der Waals surface area contributed by atoms with E-state index in [1.807, 2.05) is 12.3 Å². The third-order valence-corrected chi connectivity index (χ3v) is 5.28. The van der Waals surface area contributed by atoms with Gasteiger partial charge in [-0.2, -0.15) is 0 Å². The van der Waals surface area contributed by atoms with Crippen molar-refractivity contribution >= 4 is 28.1 Å². The Morgan fingerprint density at radius 2 is 2.16 bits per heavy atom. The van der Waals surface area contributed by atoms with Gasteiger partial charge in [0.2, 0.25) is 0 Å². The summed E-state index contributed by atoms with van der Waals surface area (Å²) in [6.07, 6.45) is 0. The summed E-state index contributed by atoms with van der Waals surface area (Å²) in [5.41, 5.74) is 1.64. The summed E-state index contributed by atoms with van der Waals surface area (Å²) in [5.74, 6) is 0.107. The number of halogens is 1. The molecule has 25 heavy (non-hydrogen) atoms. The second kappa shape index (κ2) is 6.41. The minimum absolute atomic E-state index is 0.114. The van der Waals surface area contributed by atoms with Gasteiger partial charge in [0.05, 0.1) is 11.3 Å². The molecule has 0 radical (unpaired) electrons. The van der Waals surface area contributed by atoms with Gasteiger partial charge >= 0.3 is 0 Å². The quantitative estimate of drug-likeness (QED) is 0.509. The highest BCUT2D eigenvalue weighted by Crippen LogP contribution is 2.26. The van der Waals surface area contributed by atoms with Crippen molar-refractivity contribution < 1.29 is 8.81 Å². The second-order valence-electron chi connectivity index (χ2n) is 5.22. The van der Waals surface area contributed by atoms with Gasteiger partial charge in [0.1, 0.15) is 5.82 Å². The Hall–Kier alpha value is -2.52. The van der Waals surface area contributed by atoms with E-state index >= 15 is 0 Å². The number of hydrogen-bond donors (Lipinski definition) is 0. The van der Waals surface area contributed by atoms with Crippen LogP contribution in [0.4, 0.5) is 4.39 Å². The van der Waals surface area contributed by atoms with E-state index in [1.165, 1.54) is 35.2 Å². The van der Waals surface area contributed by atoms with Gasteiger partial charge < -0.3 is 4.42 Å². The third-order valence-electron chi connectivity index (χ3n) is 3.48. The number of hydrogen-bond acceptors (Lipinski definition) is 7. The van der Waals surface area contributed by atoms with Crippen LogP contribution in [0, 0.1) is 12.7 Å². The molecule has 126 valence electrons. The summed E-state index contributed by atoms with van der Waals surface area (Å²) in [7, 11) is 0. The highest BCUT2D eigenvalue weighted by molar-refractivity contribution is 7.98. The van der Waals surface area contributed by atoms with Gasteiger partial charge in [0.15, 0.2) is 4.96 Å². The molecular weight excluding hydrogens is 363 g/mol. The Morgan fingerprint density at radius 3 is 3.00 bits per heavy atom. The van der Waals surface area contributed by atoms with E-state index in [0.717, 1.165) is 5.69 Å². The van der Waals surface area contributed by atoms with Gasteiger partial charge in [0, 0.05) is 22.9 Å². The van der Waals surface area contributed by atoms with E-state index in [4.69, 9.17) is 4.42 Å². The number of aryl methyl sites for hydroxylation is 1. The molecule has 0 amide bonds. The molecule has 6 nitrogen and oxygen atoms in total. The first-order chi connectivity index (χ1) is 12.1. The van der Waals surface area contributed by atoms with Gasteiger partial charge in [-0.3, -0.25) is 9.20 Å². The SMILES string of the molecule is Cc1csc2nc(CSc3nnc(-c4ccccc4F)o3)cc(=O)n12. The van der Waals surface area contributed by atoms with Gasteiger partial charge in [-0.25, -0.2) is 9.37 Å². The number of benzene rings is 1. The molecule has 0 saturated heterocycles. The molecule has 4 rings (SSSR count). The highest BCUT2D eigenvalue weighted by atomic mass is 32.2. The summed E-state index contributed by atoms with van der Waals surface area (Å²) < 4.78 is 20.8. The normalized spacial score (nSPS) is 11.3. The lowest BCUT2D eigenvalue weighted by Gasteiger charge is -1.99. The lowest BCUT2D eigenvalue weighted by molar-refractivity contribution is 0.462. The average molecular weight is 374 g/mol. The van der Waals surface area contributed by atoms with E-state index in [0.29, 0.717) is 21.6 Å². The van der Waals surface area contributed by atoms with E-state index in [1.54, 1.807) is 22.6 Å². The highest BCUT2D eigenvalue weighted by Gasteiger charge is 2.14. The number of aromatic nitrogens is 4. The van der Waals surface area contributed by atoms with Crippen LogP contribution in [0.25, 0.3) is 16.4 Å². The molecule has 0 N–H and O–H groups in total. The minimum atomic E-state index is -0.420. The molecule has 0 aliphatic carbocycles. The summed E-state index contributed by atoms with van der Waals surface area (Å²) in [6, 6.07) is 7.70. The number of fused-ring (bicyclic) bond motifs is 1. The Labute approximate surface area is 149 Å². The molecule has 0 unspecified atom stereocenters. The van der Waals surface area contributed by atoms with Crippen LogP contribution in [-0.4, -0.2) is 19.6 Å². The molecule has 0 aliphatic rings. The van der Waals surface area contributed by atoms with Crippen LogP contribution in [0.3, 0.4) is 0 Å². The van der Waals surface area contributed by atoms with E-state index in [9.17, 15) is 9.18 Å². The Balaban J connectivity index is 1.54. The molecule has 0 aliphatic heterocycles. The van der Waals surface area contributed by atoms with Crippen molar-refractivity contribution in [3.8, 4) is 11.5 Å². The zero-order valence-corrected chi connectivity index (χ0v) is 14.6. The monoisotopic (exact) mass is 374 g/mol. The van der Waals surface area contributed by atoms with Crippen LogP contribution in [0.2, 0.25) is 0 Å². The van der Waals surface area contributed by atoms with Gasteiger partial charge in [-0.15, -0.1) is 21.5 Å². The Kier molecular flexibility index (Phi) is 4.10. The van der Waals surface area contributed by atoms with Crippen molar-refractivity contribution in [3.05, 3.63) is 63.3 Å². The molecular formula is C16H11FN4O2S2. The summed E-state index contributed by atoms with van der Waals surface area (Å²) in [5, 5.41) is 9.96. The molecule has 0 bridgehead atoms. The van der Waals surface area contributed by atoms with Crippen molar-refractivity contribution in [1.29, 1.82) is 0 Å². The largest absolute Gasteiger partial charge is 0.411 e. The molecule has 0 spiro atoms. The van der Waals surface area contributed by atoms with Crippen LogP contribution in [-0.2, 0) is 5.75 Å². The van der Waals surface area contributed by atoms with Crippen molar-refractivity contribution in [2.45, 2.75) is 17.9 Å². The molecule has 1 aromatic carbocycles. The van der Waals surface area contributed by atoms with Gasteiger partial charge in [-0.1, -0.05) is 23.9 Å². The molecule has 4 aromatic rings. The zero-order valence-electron chi connectivity index (χ0n) is 13.0. The maximum atomic E-state index is 13.7. The zero-order chi connectivity index (χ0) is 17.4. The van der Waals surface area contributed by atoms with Crippen molar-refractivity contribution in [2.24, 2.45) is 0 Å². The number of nitrogens with zero attached hydrogens (tertiary/aromatic N) is 4. The van der Waals surface area contributed by atoms with Crippen LogP contribution in [0.15, 0.2) is 50.1 Å². The molecule has 3 heterocycles. The first kappa shape index (κ1) is 16.0. The number of thioether (sulfide) groups is 1. The minimum Gasteiger partial charge on any atom is -0.411 e. The lowest BCUT2D eigenvalue weighted by Crippen LogP contribution is -2.14. The molecule has 0 saturated carbocycles. The molecule has 0 atom stereocenters. The third kappa shape index (κ3) is 3.08. The van der Waals surface area contributed by atoms with Gasteiger partial charge in [-0.05, 0) is 19.1 Å². The van der Waals surface area contributed by atoms with Crippen molar-refractivity contribution in [2.75, 3.05) is 0 Å². The Bertz CT molecular complexity index is 1120. The van der Waals surface area contributed by atoms with Crippen LogP contribution in [0.5, 0.6) is 0 Å². The topological polar surface area (TPSA) is 73.3 Å². The predicted molar refractivity (Wildman–Crippen MR) is 93.3 cm³/mol. The van der Waals surface area contributed by atoms with Gasteiger partial charge in [0.25, 0.3) is 16.7 Å². The van der Waals surface area contributed by atoms with Crippen LogP contribution < -0.4 is 5.56 Å². The lowest BCUT2D eigenvalue weighted by atomic mass is 10.2. The van der Waals surface area contributed by atoms with Crippen molar-refractivity contribution in [3.63, 3.8) is 0 Å². The number of thiazole rings is 1. The first-order valence-corrected chi connectivity index (χ1v) is 9.16. The maximum Gasteiger partial charge on any atom is 0.277 e. The Morgan fingerprint density at radius 1 is 1.32 bits per heavy atom. The summed E-state index contributed by atoms with van der Waals surface area (Å²) in [6.45, 7) is 1.86. The van der Waals surface area contributed by atoms with Crippen LogP contribution in [0.1, 0.15) is 11.4 Å². The molecule has 3 aromatic heterocycles. The van der Waals surface area contributed by atoms with Crippen molar-refractivity contribution in [1.82, 2.24) is 19.6 Å². The van der Waals surface area contributed by atoms with E-state index in [-0.39, 0.29) is 17.0 Å². The predicted octanol–water partition coefficient (Wildman–Crippen LogP) is 3.55. The summed E-state index contributed by atoms with van der Waals surface area (Å²) >= 11 is 2.67. The fourth-order valence-electron chi connectivity index (χ4n) is 2.32. The standard InChI is InChI=1S/C16H11FN4O2S2/c1-9-7-24-15-18-10(6-13(22)21(9)15)8-25-16-20-19-14(23-16)11-4-2-3-5-12(11)17/h2-7H,8H2,1H3. The summed E-state index contributed by atoms with van der Waals surface area (Å²) in [4.78, 5) is 17.3. The average Bonchev–Trinajstić information content (AvgIpc) is 3.21. The smallest absolute Gasteiger partial charge is 0.277 e.